The zero-order valence-corrected chi connectivity index (χ0v) is 18.9. The molecule has 0 aliphatic carbocycles. The maximum atomic E-state index is 13.7. The molecule has 0 unspecified atom stereocenters. The number of carbonyl (C=O) groups excluding carboxylic acids is 1. The highest BCUT2D eigenvalue weighted by Gasteiger charge is 2.40. The fourth-order valence-corrected chi connectivity index (χ4v) is 2.89. The maximum absolute atomic E-state index is 13.7. The van der Waals surface area contributed by atoms with E-state index in [1.54, 1.807) is 0 Å². The Morgan fingerprint density at radius 2 is 1.62 bits per heavy atom. The average molecular weight is 480 g/mol. The Balaban J connectivity index is 1.96. The minimum atomic E-state index is -5.01. The summed E-state index contributed by atoms with van der Waals surface area (Å²) in [7, 11) is 1.43. The molecular formula is C24H23F3O7. The fraction of sp³-hybridized carbons (Fsp3) is 0.333. The largest absolute Gasteiger partial charge is 0.497 e. The summed E-state index contributed by atoms with van der Waals surface area (Å²) in [5.41, 5.74) is -1.39. The first-order valence-electron chi connectivity index (χ1n) is 10.3. The van der Waals surface area contributed by atoms with E-state index >= 15 is 0 Å². The molecule has 0 bridgehead atoms. The van der Waals surface area contributed by atoms with Crippen molar-refractivity contribution >= 4 is 16.9 Å². The molecule has 0 fully saturated rings. The second-order valence-electron chi connectivity index (χ2n) is 7.81. The zero-order chi connectivity index (χ0) is 25.0. The zero-order valence-electron chi connectivity index (χ0n) is 18.9. The van der Waals surface area contributed by atoms with Crippen molar-refractivity contribution in [3.8, 4) is 23.0 Å². The van der Waals surface area contributed by atoms with E-state index in [1.165, 1.54) is 50.4 Å². The Labute approximate surface area is 193 Å². The van der Waals surface area contributed by atoms with Gasteiger partial charge in [-0.3, -0.25) is 4.79 Å². The lowest BCUT2D eigenvalue weighted by molar-refractivity contribution is -0.154. The third-order valence-electron chi connectivity index (χ3n) is 4.56. The van der Waals surface area contributed by atoms with Crippen molar-refractivity contribution in [2.75, 3.05) is 13.7 Å². The van der Waals surface area contributed by atoms with Crippen LogP contribution in [0.1, 0.15) is 26.5 Å². The van der Waals surface area contributed by atoms with Crippen molar-refractivity contribution in [3.63, 3.8) is 0 Å². The van der Waals surface area contributed by atoms with Gasteiger partial charge in [0.2, 0.25) is 11.2 Å². The normalized spacial score (nSPS) is 12.5. The van der Waals surface area contributed by atoms with Crippen LogP contribution in [-0.2, 0) is 15.7 Å². The van der Waals surface area contributed by atoms with Crippen molar-refractivity contribution in [1.82, 2.24) is 0 Å². The molecule has 3 aromatic rings. The minimum absolute atomic E-state index is 0.00774. The molecule has 1 heterocycles. The number of methoxy groups -OCH3 is 1. The second kappa shape index (κ2) is 10.1. The Kier molecular flexibility index (Phi) is 7.38. The first kappa shape index (κ1) is 24.9. The fourth-order valence-electron chi connectivity index (χ4n) is 2.89. The number of benzene rings is 2. The van der Waals surface area contributed by atoms with Crippen LogP contribution in [0.4, 0.5) is 13.2 Å². The van der Waals surface area contributed by atoms with Gasteiger partial charge in [-0.15, -0.1) is 0 Å². The Morgan fingerprint density at radius 3 is 2.21 bits per heavy atom. The number of ether oxygens (including phenoxy) is 4. The Bertz CT molecular complexity index is 1210. The molecule has 0 amide bonds. The molecule has 0 aliphatic rings. The number of rotatable bonds is 8. The molecule has 2 aromatic carbocycles. The highest BCUT2D eigenvalue weighted by atomic mass is 19.4. The van der Waals surface area contributed by atoms with Gasteiger partial charge in [0.25, 0.3) is 5.76 Å². The molecule has 7 nitrogen and oxygen atoms in total. The average Bonchev–Trinajstić information content (AvgIpc) is 2.78. The molecule has 1 aromatic heterocycles. The van der Waals surface area contributed by atoms with Crippen LogP contribution in [-0.4, -0.2) is 25.8 Å². The summed E-state index contributed by atoms with van der Waals surface area (Å²) in [6.45, 7) is 5.38. The number of hydrogen-bond acceptors (Lipinski definition) is 7. The van der Waals surface area contributed by atoms with Crippen LogP contribution >= 0.6 is 0 Å². The van der Waals surface area contributed by atoms with E-state index < -0.39 is 35.2 Å². The molecule has 0 aliphatic heterocycles. The SMILES string of the molecule is COc1ccc(Oc2c(C(F)(F)F)oc3cc(O[C@@H](C)C(=O)OCC(C)C)ccc3c2=O)cc1. The smallest absolute Gasteiger partial charge is 0.453 e. The predicted molar refractivity (Wildman–Crippen MR) is 116 cm³/mol. The van der Waals surface area contributed by atoms with E-state index in [-0.39, 0.29) is 35.0 Å². The van der Waals surface area contributed by atoms with E-state index in [0.717, 1.165) is 6.07 Å². The number of fused-ring (bicyclic) bond motifs is 1. The first-order valence-corrected chi connectivity index (χ1v) is 10.3. The Morgan fingerprint density at radius 1 is 1.00 bits per heavy atom. The van der Waals surface area contributed by atoms with Gasteiger partial charge in [0.1, 0.15) is 22.8 Å². The monoisotopic (exact) mass is 480 g/mol. The van der Waals surface area contributed by atoms with Gasteiger partial charge in [0.05, 0.1) is 19.1 Å². The van der Waals surface area contributed by atoms with E-state index in [1.807, 2.05) is 13.8 Å². The topological polar surface area (TPSA) is 84.2 Å². The van der Waals surface area contributed by atoms with Crippen LogP contribution in [0.2, 0.25) is 0 Å². The quantitative estimate of drug-likeness (QED) is 0.389. The number of esters is 1. The molecule has 0 N–H and O–H groups in total. The van der Waals surface area contributed by atoms with E-state index in [0.29, 0.717) is 5.75 Å². The summed E-state index contributed by atoms with van der Waals surface area (Å²) >= 11 is 0. The number of alkyl halides is 3. The van der Waals surface area contributed by atoms with Gasteiger partial charge in [-0.05, 0) is 49.2 Å². The number of hydrogen-bond donors (Lipinski definition) is 0. The van der Waals surface area contributed by atoms with E-state index in [4.69, 9.17) is 23.4 Å². The van der Waals surface area contributed by atoms with Crippen molar-refractivity contribution in [3.05, 3.63) is 58.4 Å². The third-order valence-corrected chi connectivity index (χ3v) is 4.56. The van der Waals surface area contributed by atoms with Crippen LogP contribution < -0.4 is 19.6 Å². The summed E-state index contributed by atoms with van der Waals surface area (Å²) < 4.78 is 67.0. The standard InChI is InChI=1S/C24H23F3O7/c1-13(2)12-31-23(29)14(3)32-17-9-10-18-19(11-17)34-22(24(25,26)27)21(20(18)28)33-16-7-5-15(30-4)6-8-16/h5-11,13-14H,12H2,1-4H3/t14-/m0/s1. The predicted octanol–water partition coefficient (Wildman–Crippen LogP) is 5.58. The lowest BCUT2D eigenvalue weighted by atomic mass is 10.2. The van der Waals surface area contributed by atoms with Crippen molar-refractivity contribution < 1.29 is 41.3 Å². The van der Waals surface area contributed by atoms with Gasteiger partial charge < -0.3 is 23.4 Å². The van der Waals surface area contributed by atoms with Crippen LogP contribution in [0.15, 0.2) is 51.7 Å². The van der Waals surface area contributed by atoms with E-state index in [9.17, 15) is 22.8 Å². The van der Waals surface area contributed by atoms with Crippen molar-refractivity contribution in [2.45, 2.75) is 33.1 Å². The molecule has 34 heavy (non-hydrogen) atoms. The molecule has 1 atom stereocenters. The van der Waals surface area contributed by atoms with Crippen LogP contribution in [0, 0.1) is 5.92 Å². The summed E-state index contributed by atoms with van der Waals surface area (Å²) in [6, 6.07) is 9.36. The summed E-state index contributed by atoms with van der Waals surface area (Å²) in [5.74, 6) is -2.61. The van der Waals surface area contributed by atoms with Gasteiger partial charge >= 0.3 is 12.1 Å². The molecule has 0 saturated carbocycles. The van der Waals surface area contributed by atoms with Gasteiger partial charge in [0.15, 0.2) is 6.10 Å². The lowest BCUT2D eigenvalue weighted by Crippen LogP contribution is -2.27. The lowest BCUT2D eigenvalue weighted by Gasteiger charge is -2.16. The molecule has 10 heteroatoms. The molecule has 182 valence electrons. The number of carbonyl (C=O) groups is 1. The molecular weight excluding hydrogens is 457 g/mol. The van der Waals surface area contributed by atoms with Gasteiger partial charge in [-0.1, -0.05) is 13.8 Å². The van der Waals surface area contributed by atoms with Gasteiger partial charge in [-0.2, -0.15) is 13.2 Å². The molecule has 3 rings (SSSR count). The van der Waals surface area contributed by atoms with Crippen LogP contribution in [0.25, 0.3) is 11.0 Å². The van der Waals surface area contributed by atoms with Crippen LogP contribution in [0.3, 0.4) is 0 Å². The first-order chi connectivity index (χ1) is 16.0. The number of halogens is 3. The van der Waals surface area contributed by atoms with Crippen LogP contribution in [0.5, 0.6) is 23.0 Å². The summed E-state index contributed by atoms with van der Waals surface area (Å²) in [5, 5.41) is -0.154. The van der Waals surface area contributed by atoms with Crippen molar-refractivity contribution in [2.24, 2.45) is 5.92 Å². The summed E-state index contributed by atoms with van der Waals surface area (Å²) in [4.78, 5) is 24.9. The highest BCUT2D eigenvalue weighted by molar-refractivity contribution is 5.80. The Hall–Kier alpha value is -3.69. The molecule has 0 saturated heterocycles. The second-order valence-corrected chi connectivity index (χ2v) is 7.81. The maximum Gasteiger partial charge on any atom is 0.453 e. The van der Waals surface area contributed by atoms with Crippen molar-refractivity contribution in [1.29, 1.82) is 0 Å². The van der Waals surface area contributed by atoms with Gasteiger partial charge in [0, 0.05) is 6.07 Å². The highest BCUT2D eigenvalue weighted by Crippen LogP contribution is 2.39. The summed E-state index contributed by atoms with van der Waals surface area (Å²) in [6.07, 6.45) is -6.04. The third kappa shape index (κ3) is 5.81. The van der Waals surface area contributed by atoms with Gasteiger partial charge in [-0.25, -0.2) is 4.79 Å². The minimum Gasteiger partial charge on any atom is -0.497 e. The van der Waals surface area contributed by atoms with E-state index in [2.05, 4.69) is 0 Å². The molecule has 0 radical (unpaired) electrons. The molecule has 0 spiro atoms.